The second-order valence-electron chi connectivity index (χ2n) is 8.51. The summed E-state index contributed by atoms with van der Waals surface area (Å²) in [5.74, 6) is -0.351. The van der Waals surface area contributed by atoms with Gasteiger partial charge in [-0.05, 0) is 86.4 Å². The summed E-state index contributed by atoms with van der Waals surface area (Å²) >= 11 is 0. The van der Waals surface area contributed by atoms with Gasteiger partial charge < -0.3 is 10.1 Å². The van der Waals surface area contributed by atoms with Gasteiger partial charge in [0, 0.05) is 18.8 Å². The first kappa shape index (κ1) is 22.0. The van der Waals surface area contributed by atoms with E-state index in [0.29, 0.717) is 12.3 Å². The zero-order valence-corrected chi connectivity index (χ0v) is 19.0. The first-order valence-corrected chi connectivity index (χ1v) is 12.4. The number of fused-ring (bicyclic) bond motifs is 1. The number of carbonyl (C=O) groups excluding carboxylic acids is 1. The Morgan fingerprint density at radius 3 is 2.71 bits per heavy atom. The van der Waals surface area contributed by atoms with E-state index in [1.807, 2.05) is 38.1 Å². The third-order valence-corrected chi connectivity index (χ3v) is 8.15. The van der Waals surface area contributed by atoms with Gasteiger partial charge in [-0.3, -0.25) is 4.79 Å². The summed E-state index contributed by atoms with van der Waals surface area (Å²) in [5.41, 5.74) is 5.06. The molecule has 6 nitrogen and oxygen atoms in total. The van der Waals surface area contributed by atoms with Crippen molar-refractivity contribution in [3.05, 3.63) is 58.7 Å². The summed E-state index contributed by atoms with van der Waals surface area (Å²) in [7, 11) is -3.82. The van der Waals surface area contributed by atoms with E-state index in [1.165, 1.54) is 9.87 Å². The maximum atomic E-state index is 13.5. The van der Waals surface area contributed by atoms with Gasteiger partial charge in [0.25, 0.3) is 0 Å². The highest BCUT2D eigenvalue weighted by Gasteiger charge is 2.31. The number of nitrogens with zero attached hydrogens (tertiary/aromatic N) is 1. The van der Waals surface area contributed by atoms with Gasteiger partial charge in [0.05, 0.1) is 17.5 Å². The molecule has 0 saturated carbocycles. The summed E-state index contributed by atoms with van der Waals surface area (Å²) in [4.78, 5) is 13.1. The van der Waals surface area contributed by atoms with Crippen LogP contribution in [0, 0.1) is 13.8 Å². The molecule has 0 spiro atoms. The molecule has 1 fully saturated rings. The second kappa shape index (κ2) is 9.10. The molecule has 1 atom stereocenters. The van der Waals surface area contributed by atoms with Crippen molar-refractivity contribution in [1.82, 2.24) is 4.31 Å². The number of aryl methyl sites for hydroxylation is 3. The fraction of sp³-hybridized carbons (Fsp3) is 0.458. The fourth-order valence-corrected chi connectivity index (χ4v) is 5.84. The number of nitrogens with one attached hydrogen (secondary N) is 1. The lowest BCUT2D eigenvalue weighted by molar-refractivity contribution is -0.116. The van der Waals surface area contributed by atoms with Crippen LogP contribution in [0.2, 0.25) is 0 Å². The lowest BCUT2D eigenvalue weighted by atomic mass is 10.1. The van der Waals surface area contributed by atoms with E-state index in [2.05, 4.69) is 5.32 Å². The number of ether oxygens (including phenoxy) is 1. The molecule has 0 aromatic heterocycles. The summed E-state index contributed by atoms with van der Waals surface area (Å²) in [6, 6.07) is 11.1. The normalized spacial score (nSPS) is 18.4. The molecule has 1 aliphatic heterocycles. The van der Waals surface area contributed by atoms with E-state index < -0.39 is 10.0 Å². The molecule has 0 radical (unpaired) electrons. The average molecular weight is 443 g/mol. The minimum absolute atomic E-state index is 0.180. The van der Waals surface area contributed by atoms with Gasteiger partial charge in [0.2, 0.25) is 15.9 Å². The molecule has 1 amide bonds. The second-order valence-corrected chi connectivity index (χ2v) is 10.5. The van der Waals surface area contributed by atoms with Gasteiger partial charge in [0.15, 0.2) is 0 Å². The summed E-state index contributed by atoms with van der Waals surface area (Å²) < 4.78 is 34.0. The van der Waals surface area contributed by atoms with Crippen LogP contribution in [0.15, 0.2) is 41.3 Å². The monoisotopic (exact) mass is 442 g/mol. The largest absolute Gasteiger partial charge is 0.377 e. The number of hydrogen-bond acceptors (Lipinski definition) is 4. The molecule has 7 heteroatoms. The Balaban J connectivity index is 1.57. The first-order valence-electron chi connectivity index (χ1n) is 10.9. The Morgan fingerprint density at radius 1 is 1.13 bits per heavy atom. The molecule has 2 aromatic rings. The molecular formula is C24H30N2O4S. The van der Waals surface area contributed by atoms with Crippen molar-refractivity contribution in [3.8, 4) is 0 Å². The number of hydrogen-bond donors (Lipinski definition) is 1. The van der Waals surface area contributed by atoms with Crippen molar-refractivity contribution in [2.75, 3.05) is 25.0 Å². The van der Waals surface area contributed by atoms with Crippen molar-refractivity contribution in [3.63, 3.8) is 0 Å². The van der Waals surface area contributed by atoms with Crippen molar-refractivity contribution >= 4 is 21.6 Å². The summed E-state index contributed by atoms with van der Waals surface area (Å²) in [5, 5.41) is 2.89. The van der Waals surface area contributed by atoms with E-state index in [0.717, 1.165) is 48.8 Å². The van der Waals surface area contributed by atoms with Gasteiger partial charge in [-0.25, -0.2) is 8.42 Å². The Bertz CT molecular complexity index is 1070. The molecule has 1 heterocycles. The van der Waals surface area contributed by atoms with Crippen LogP contribution >= 0.6 is 0 Å². The number of anilines is 1. The molecule has 1 aliphatic carbocycles. The van der Waals surface area contributed by atoms with Crippen LogP contribution in [0.4, 0.5) is 5.69 Å². The molecule has 1 saturated heterocycles. The Labute approximate surface area is 184 Å². The van der Waals surface area contributed by atoms with Gasteiger partial charge in [0.1, 0.15) is 0 Å². The van der Waals surface area contributed by atoms with Crippen LogP contribution < -0.4 is 5.32 Å². The van der Waals surface area contributed by atoms with Crippen molar-refractivity contribution in [1.29, 1.82) is 0 Å². The summed E-state index contributed by atoms with van der Waals surface area (Å²) in [6.45, 7) is 4.49. The van der Waals surface area contributed by atoms with Crippen LogP contribution in [0.25, 0.3) is 0 Å². The molecular weight excluding hydrogens is 412 g/mol. The third-order valence-electron chi connectivity index (χ3n) is 6.34. The number of amides is 1. The van der Waals surface area contributed by atoms with Crippen molar-refractivity contribution in [2.24, 2.45) is 0 Å². The van der Waals surface area contributed by atoms with Crippen LogP contribution in [0.1, 0.15) is 41.5 Å². The predicted octanol–water partition coefficient (Wildman–Crippen LogP) is 3.60. The number of sulfonamides is 1. The molecule has 1 unspecified atom stereocenters. The SMILES string of the molecule is Cc1cccc(NC(=O)CN(CC2CCCO2)S(=O)(=O)c2ccc3c(c2)CCC3)c1C. The fourth-order valence-electron chi connectivity index (χ4n) is 4.36. The highest BCUT2D eigenvalue weighted by Crippen LogP contribution is 2.27. The first-order chi connectivity index (χ1) is 14.8. The highest BCUT2D eigenvalue weighted by atomic mass is 32.2. The van der Waals surface area contributed by atoms with E-state index in [-0.39, 0.29) is 30.0 Å². The number of carbonyl (C=O) groups is 1. The van der Waals surface area contributed by atoms with Gasteiger partial charge in [-0.2, -0.15) is 4.31 Å². The minimum Gasteiger partial charge on any atom is -0.377 e. The standard InChI is InChI=1S/C24H30N2O4S/c1-17-6-3-10-23(18(17)2)25-24(27)16-26(15-21-9-5-13-30-21)31(28,29)22-12-11-19-7-4-8-20(19)14-22/h3,6,10-12,14,21H,4-5,7-9,13,15-16H2,1-2H3,(H,25,27). The molecule has 31 heavy (non-hydrogen) atoms. The molecule has 0 bridgehead atoms. The van der Waals surface area contributed by atoms with Crippen molar-refractivity contribution < 1.29 is 17.9 Å². The quantitative estimate of drug-likeness (QED) is 0.711. The zero-order chi connectivity index (χ0) is 22.0. The smallest absolute Gasteiger partial charge is 0.243 e. The topological polar surface area (TPSA) is 75.7 Å². The van der Waals surface area contributed by atoms with E-state index in [1.54, 1.807) is 12.1 Å². The Morgan fingerprint density at radius 2 is 1.94 bits per heavy atom. The third kappa shape index (κ3) is 4.84. The molecule has 166 valence electrons. The van der Waals surface area contributed by atoms with Crippen LogP contribution in [0.5, 0.6) is 0 Å². The van der Waals surface area contributed by atoms with Crippen molar-refractivity contribution in [2.45, 2.75) is 57.0 Å². The van der Waals surface area contributed by atoms with Gasteiger partial charge >= 0.3 is 0 Å². The minimum atomic E-state index is -3.82. The van der Waals surface area contributed by atoms with E-state index in [4.69, 9.17) is 4.74 Å². The number of benzene rings is 2. The lowest BCUT2D eigenvalue weighted by Crippen LogP contribution is -2.42. The van der Waals surface area contributed by atoms with Gasteiger partial charge in [-0.1, -0.05) is 18.2 Å². The highest BCUT2D eigenvalue weighted by molar-refractivity contribution is 7.89. The Kier molecular flexibility index (Phi) is 6.46. The maximum absolute atomic E-state index is 13.5. The van der Waals surface area contributed by atoms with Gasteiger partial charge in [-0.15, -0.1) is 0 Å². The lowest BCUT2D eigenvalue weighted by Gasteiger charge is -2.25. The molecule has 2 aromatic carbocycles. The van der Waals surface area contributed by atoms with Crippen LogP contribution in [0.3, 0.4) is 0 Å². The zero-order valence-electron chi connectivity index (χ0n) is 18.2. The molecule has 1 N–H and O–H groups in total. The Hall–Kier alpha value is -2.22. The van der Waals surface area contributed by atoms with E-state index in [9.17, 15) is 13.2 Å². The van der Waals surface area contributed by atoms with Crippen LogP contribution in [-0.4, -0.2) is 44.4 Å². The maximum Gasteiger partial charge on any atom is 0.243 e. The average Bonchev–Trinajstić information content (AvgIpc) is 3.42. The predicted molar refractivity (Wildman–Crippen MR) is 121 cm³/mol. The van der Waals surface area contributed by atoms with E-state index >= 15 is 0 Å². The molecule has 4 rings (SSSR count). The molecule has 2 aliphatic rings. The number of rotatable bonds is 7. The van der Waals surface area contributed by atoms with Crippen LogP contribution in [-0.2, 0) is 32.4 Å². The summed E-state index contributed by atoms with van der Waals surface area (Å²) in [6.07, 6.45) is 4.47.